The number of pyridine rings is 1. The minimum absolute atomic E-state index is 0.880. The molecule has 2 rings (SSSR count). The quantitative estimate of drug-likeness (QED) is 0.857. The molecule has 1 N–H and O–H groups in total. The molecule has 0 unspecified atom stereocenters. The molecule has 106 valence electrons. The zero-order valence-electron chi connectivity index (χ0n) is 12.7. The number of rotatable bonds is 6. The molecule has 1 aromatic heterocycles. The number of aromatic nitrogens is 1. The topological polar surface area (TPSA) is 24.9 Å². The third kappa shape index (κ3) is 3.45. The number of hydrogen-bond donors (Lipinski definition) is 1. The van der Waals surface area contributed by atoms with Gasteiger partial charge in [-0.1, -0.05) is 39.0 Å². The highest BCUT2D eigenvalue weighted by Gasteiger charge is 2.04. The molecule has 0 saturated heterocycles. The van der Waals surface area contributed by atoms with Crippen molar-refractivity contribution in [2.45, 2.75) is 40.2 Å². The Kier molecular flexibility index (Phi) is 5.31. The second kappa shape index (κ2) is 7.20. The molecule has 0 spiro atoms. The maximum absolute atomic E-state index is 4.37. The van der Waals surface area contributed by atoms with Crippen LogP contribution < -0.4 is 5.32 Å². The molecule has 0 aliphatic carbocycles. The van der Waals surface area contributed by atoms with E-state index in [4.69, 9.17) is 0 Å². The first-order valence-electron chi connectivity index (χ1n) is 7.55. The normalized spacial score (nSPS) is 10.8. The van der Waals surface area contributed by atoms with Gasteiger partial charge in [-0.05, 0) is 47.7 Å². The predicted molar refractivity (Wildman–Crippen MR) is 85.8 cm³/mol. The predicted octanol–water partition coefficient (Wildman–Crippen LogP) is 3.98. The lowest BCUT2D eigenvalue weighted by molar-refractivity contribution is 0.724. The summed E-state index contributed by atoms with van der Waals surface area (Å²) in [5.74, 6) is 0. The van der Waals surface area contributed by atoms with E-state index < -0.39 is 0 Å². The number of hydrogen-bond acceptors (Lipinski definition) is 2. The SMILES string of the molecule is CCNCc1cncc(-c2ccc(CC)c(CC)c2)c1. The van der Waals surface area contributed by atoms with Gasteiger partial charge in [-0.2, -0.15) is 0 Å². The van der Waals surface area contributed by atoms with E-state index in [0.717, 1.165) is 25.9 Å². The van der Waals surface area contributed by atoms with Crippen molar-refractivity contribution in [3.63, 3.8) is 0 Å². The van der Waals surface area contributed by atoms with Gasteiger partial charge in [-0.15, -0.1) is 0 Å². The van der Waals surface area contributed by atoms with Crippen LogP contribution in [0.1, 0.15) is 37.5 Å². The van der Waals surface area contributed by atoms with Gasteiger partial charge in [0.2, 0.25) is 0 Å². The first-order chi connectivity index (χ1) is 9.78. The van der Waals surface area contributed by atoms with Crippen LogP contribution in [0.3, 0.4) is 0 Å². The Morgan fingerprint density at radius 2 is 1.70 bits per heavy atom. The van der Waals surface area contributed by atoms with Gasteiger partial charge in [0, 0.05) is 24.5 Å². The zero-order valence-corrected chi connectivity index (χ0v) is 12.7. The van der Waals surface area contributed by atoms with E-state index in [0.29, 0.717) is 0 Å². The molecule has 0 saturated carbocycles. The minimum atomic E-state index is 0.880. The van der Waals surface area contributed by atoms with Crippen molar-refractivity contribution in [3.8, 4) is 11.1 Å². The monoisotopic (exact) mass is 268 g/mol. The van der Waals surface area contributed by atoms with Gasteiger partial charge in [0.1, 0.15) is 0 Å². The summed E-state index contributed by atoms with van der Waals surface area (Å²) in [6.07, 6.45) is 6.08. The average molecular weight is 268 g/mol. The first-order valence-corrected chi connectivity index (χ1v) is 7.55. The molecule has 0 aliphatic heterocycles. The van der Waals surface area contributed by atoms with Gasteiger partial charge in [0.25, 0.3) is 0 Å². The van der Waals surface area contributed by atoms with Gasteiger partial charge in [0.05, 0.1) is 0 Å². The summed E-state index contributed by atoms with van der Waals surface area (Å²) in [4.78, 5) is 4.37. The molecule has 2 nitrogen and oxygen atoms in total. The minimum Gasteiger partial charge on any atom is -0.313 e. The van der Waals surface area contributed by atoms with Crippen molar-refractivity contribution in [1.29, 1.82) is 0 Å². The van der Waals surface area contributed by atoms with Crippen LogP contribution in [0.15, 0.2) is 36.7 Å². The van der Waals surface area contributed by atoms with E-state index in [1.807, 2.05) is 12.4 Å². The van der Waals surface area contributed by atoms with E-state index in [1.165, 1.54) is 27.8 Å². The Bertz CT molecular complexity index is 561. The number of benzene rings is 1. The van der Waals surface area contributed by atoms with E-state index in [2.05, 4.69) is 55.3 Å². The van der Waals surface area contributed by atoms with Crippen molar-refractivity contribution in [2.24, 2.45) is 0 Å². The van der Waals surface area contributed by atoms with E-state index in [-0.39, 0.29) is 0 Å². The average Bonchev–Trinajstić information content (AvgIpc) is 2.52. The third-order valence-electron chi connectivity index (χ3n) is 3.68. The van der Waals surface area contributed by atoms with Crippen molar-refractivity contribution in [2.75, 3.05) is 6.54 Å². The highest BCUT2D eigenvalue weighted by atomic mass is 14.8. The standard InChI is InChI=1S/C18H24N2/c1-4-15-7-8-17(10-16(15)5-2)18-9-14(11-19-6-3)12-20-13-18/h7-10,12-13,19H,4-6,11H2,1-3H3. The lowest BCUT2D eigenvalue weighted by atomic mass is 9.97. The number of nitrogens with zero attached hydrogens (tertiary/aromatic N) is 1. The summed E-state index contributed by atoms with van der Waals surface area (Å²) < 4.78 is 0. The van der Waals surface area contributed by atoms with Crippen LogP contribution in [0.5, 0.6) is 0 Å². The molecule has 1 heterocycles. The Morgan fingerprint density at radius 1 is 0.900 bits per heavy atom. The molecule has 2 aromatic rings. The molecule has 0 bridgehead atoms. The van der Waals surface area contributed by atoms with Crippen molar-refractivity contribution >= 4 is 0 Å². The third-order valence-corrected chi connectivity index (χ3v) is 3.68. The molecule has 0 fully saturated rings. The second-order valence-corrected chi connectivity index (χ2v) is 5.05. The smallest absolute Gasteiger partial charge is 0.0346 e. The van der Waals surface area contributed by atoms with Gasteiger partial charge in [-0.3, -0.25) is 4.98 Å². The Hall–Kier alpha value is -1.67. The maximum atomic E-state index is 4.37. The van der Waals surface area contributed by atoms with Gasteiger partial charge < -0.3 is 5.32 Å². The Morgan fingerprint density at radius 3 is 2.40 bits per heavy atom. The summed E-state index contributed by atoms with van der Waals surface area (Å²) in [6.45, 7) is 8.42. The lowest BCUT2D eigenvalue weighted by Gasteiger charge is -2.10. The van der Waals surface area contributed by atoms with Crippen LogP contribution in [-0.2, 0) is 19.4 Å². The fourth-order valence-electron chi connectivity index (χ4n) is 2.49. The summed E-state index contributed by atoms with van der Waals surface area (Å²) in [6, 6.07) is 9.01. The largest absolute Gasteiger partial charge is 0.313 e. The van der Waals surface area contributed by atoms with Crippen LogP contribution in [0, 0.1) is 0 Å². The summed E-state index contributed by atoms with van der Waals surface area (Å²) in [5, 5.41) is 3.34. The van der Waals surface area contributed by atoms with Crippen molar-refractivity contribution in [1.82, 2.24) is 10.3 Å². The van der Waals surface area contributed by atoms with Crippen LogP contribution in [0.4, 0.5) is 0 Å². The Balaban J connectivity index is 2.31. The van der Waals surface area contributed by atoms with E-state index in [9.17, 15) is 0 Å². The summed E-state index contributed by atoms with van der Waals surface area (Å²) >= 11 is 0. The molecule has 0 aliphatic rings. The summed E-state index contributed by atoms with van der Waals surface area (Å²) in [5.41, 5.74) is 6.61. The molecule has 0 atom stereocenters. The Labute approximate surface area is 122 Å². The molecule has 0 radical (unpaired) electrons. The molecular formula is C18H24N2. The van der Waals surface area contributed by atoms with Crippen molar-refractivity contribution in [3.05, 3.63) is 53.3 Å². The van der Waals surface area contributed by atoms with Gasteiger partial charge in [0.15, 0.2) is 0 Å². The van der Waals surface area contributed by atoms with Crippen LogP contribution in [0.25, 0.3) is 11.1 Å². The fraction of sp³-hybridized carbons (Fsp3) is 0.389. The van der Waals surface area contributed by atoms with Crippen LogP contribution in [0.2, 0.25) is 0 Å². The van der Waals surface area contributed by atoms with E-state index >= 15 is 0 Å². The first kappa shape index (κ1) is 14.7. The van der Waals surface area contributed by atoms with Gasteiger partial charge >= 0.3 is 0 Å². The van der Waals surface area contributed by atoms with Crippen LogP contribution in [-0.4, -0.2) is 11.5 Å². The number of nitrogens with one attached hydrogen (secondary N) is 1. The molecule has 20 heavy (non-hydrogen) atoms. The molecular weight excluding hydrogens is 244 g/mol. The molecule has 0 amide bonds. The highest BCUT2D eigenvalue weighted by molar-refractivity contribution is 5.64. The zero-order chi connectivity index (χ0) is 14.4. The lowest BCUT2D eigenvalue weighted by Crippen LogP contribution is -2.11. The van der Waals surface area contributed by atoms with Crippen LogP contribution >= 0.6 is 0 Å². The maximum Gasteiger partial charge on any atom is 0.0346 e. The molecule has 1 aromatic carbocycles. The summed E-state index contributed by atoms with van der Waals surface area (Å²) in [7, 11) is 0. The second-order valence-electron chi connectivity index (χ2n) is 5.05. The van der Waals surface area contributed by atoms with E-state index in [1.54, 1.807) is 0 Å². The molecule has 2 heteroatoms. The van der Waals surface area contributed by atoms with Gasteiger partial charge in [-0.25, -0.2) is 0 Å². The fourth-order valence-corrected chi connectivity index (χ4v) is 2.49. The van der Waals surface area contributed by atoms with Crippen molar-refractivity contribution < 1.29 is 0 Å². The highest BCUT2D eigenvalue weighted by Crippen LogP contribution is 2.23. The number of aryl methyl sites for hydroxylation is 2.